The van der Waals surface area contributed by atoms with Crippen LogP contribution in [0, 0.1) is 6.92 Å². The van der Waals surface area contributed by atoms with Crippen LogP contribution in [-0.4, -0.2) is 12.5 Å². The molecule has 0 unspecified atom stereocenters. The van der Waals surface area contributed by atoms with Gasteiger partial charge in [-0.15, -0.1) is 0 Å². The van der Waals surface area contributed by atoms with Crippen molar-refractivity contribution in [3.05, 3.63) is 63.6 Å². The highest BCUT2D eigenvalue weighted by Gasteiger charge is 2.05. The molecular weight excluding hydrogens is 328 g/mol. The summed E-state index contributed by atoms with van der Waals surface area (Å²) in [6.45, 7) is 5.32. The Labute approximate surface area is 133 Å². The molecule has 0 saturated carbocycles. The van der Waals surface area contributed by atoms with E-state index in [2.05, 4.69) is 51.7 Å². The molecule has 0 saturated heterocycles. The number of amides is 1. The van der Waals surface area contributed by atoms with E-state index in [0.717, 1.165) is 10.2 Å². The first-order valence-corrected chi connectivity index (χ1v) is 7.76. The fourth-order valence-electron chi connectivity index (χ4n) is 2.03. The molecule has 0 fully saturated rings. The molecule has 0 radical (unpaired) electrons. The first-order chi connectivity index (χ1) is 10.1. The summed E-state index contributed by atoms with van der Waals surface area (Å²) in [5.74, 6) is -0.0438. The average molecular weight is 347 g/mol. The molecule has 2 aromatic rings. The highest BCUT2D eigenvalue weighted by molar-refractivity contribution is 9.10. The van der Waals surface area contributed by atoms with Crippen molar-refractivity contribution in [3.63, 3.8) is 0 Å². The first kappa shape index (κ1) is 15.6. The number of rotatable bonds is 5. The van der Waals surface area contributed by atoms with E-state index in [1.54, 1.807) is 0 Å². The second kappa shape index (κ2) is 7.27. The Morgan fingerprint density at radius 3 is 2.71 bits per heavy atom. The lowest BCUT2D eigenvalue weighted by molar-refractivity contribution is 0.0956. The van der Waals surface area contributed by atoms with Gasteiger partial charge in [0.05, 0.1) is 0 Å². The van der Waals surface area contributed by atoms with Crippen LogP contribution in [0.15, 0.2) is 46.9 Å². The van der Waals surface area contributed by atoms with Gasteiger partial charge in [-0.25, -0.2) is 0 Å². The predicted octanol–water partition coefficient (Wildman–Crippen LogP) is 4.12. The van der Waals surface area contributed by atoms with Crippen molar-refractivity contribution in [2.75, 3.05) is 11.9 Å². The van der Waals surface area contributed by atoms with Gasteiger partial charge in [0.2, 0.25) is 0 Å². The lowest BCUT2D eigenvalue weighted by atomic mass is 10.1. The van der Waals surface area contributed by atoms with Crippen molar-refractivity contribution >= 4 is 27.5 Å². The minimum absolute atomic E-state index is 0.0438. The standard InChI is InChI=1S/C17H19BrN2O/c1-3-19-17(21)13-5-4-6-15(10-13)20-11-14-8-7-12(2)9-16(14)18/h4-10,20H,3,11H2,1-2H3,(H,19,21). The first-order valence-electron chi connectivity index (χ1n) is 6.97. The number of benzene rings is 2. The Morgan fingerprint density at radius 2 is 2.00 bits per heavy atom. The second-order valence-electron chi connectivity index (χ2n) is 4.89. The number of nitrogens with one attached hydrogen (secondary N) is 2. The van der Waals surface area contributed by atoms with Crippen molar-refractivity contribution in [1.29, 1.82) is 0 Å². The zero-order chi connectivity index (χ0) is 15.2. The Kier molecular flexibility index (Phi) is 5.39. The summed E-state index contributed by atoms with van der Waals surface area (Å²) in [4.78, 5) is 11.8. The fourth-order valence-corrected chi connectivity index (χ4v) is 2.66. The van der Waals surface area contributed by atoms with Crippen LogP contribution in [0.4, 0.5) is 5.69 Å². The van der Waals surface area contributed by atoms with Crippen molar-refractivity contribution < 1.29 is 4.79 Å². The number of hydrogen-bond donors (Lipinski definition) is 2. The molecule has 0 bridgehead atoms. The summed E-state index contributed by atoms with van der Waals surface area (Å²) in [7, 11) is 0. The molecule has 0 aliphatic rings. The maximum atomic E-state index is 11.8. The van der Waals surface area contributed by atoms with Crippen LogP contribution < -0.4 is 10.6 Å². The van der Waals surface area contributed by atoms with Crippen LogP contribution in [0.25, 0.3) is 0 Å². The summed E-state index contributed by atoms with van der Waals surface area (Å²) < 4.78 is 1.09. The average Bonchev–Trinajstić information content (AvgIpc) is 2.47. The third-order valence-electron chi connectivity index (χ3n) is 3.15. The molecule has 0 spiro atoms. The zero-order valence-corrected chi connectivity index (χ0v) is 13.8. The number of aryl methyl sites for hydroxylation is 1. The quantitative estimate of drug-likeness (QED) is 0.854. The number of carbonyl (C=O) groups excluding carboxylic acids is 1. The zero-order valence-electron chi connectivity index (χ0n) is 12.2. The van der Waals surface area contributed by atoms with Gasteiger partial charge in [-0.05, 0) is 49.2 Å². The van der Waals surface area contributed by atoms with E-state index in [1.807, 2.05) is 31.2 Å². The smallest absolute Gasteiger partial charge is 0.251 e. The number of carbonyl (C=O) groups is 1. The lowest BCUT2D eigenvalue weighted by Gasteiger charge is -2.10. The molecule has 2 aromatic carbocycles. The molecule has 0 atom stereocenters. The third kappa shape index (κ3) is 4.33. The van der Waals surface area contributed by atoms with Gasteiger partial charge in [0.25, 0.3) is 5.91 Å². The minimum atomic E-state index is -0.0438. The largest absolute Gasteiger partial charge is 0.381 e. The van der Waals surface area contributed by atoms with Crippen LogP contribution in [0.5, 0.6) is 0 Å². The van der Waals surface area contributed by atoms with Crippen molar-refractivity contribution in [3.8, 4) is 0 Å². The molecule has 110 valence electrons. The van der Waals surface area contributed by atoms with Gasteiger partial charge in [0.15, 0.2) is 0 Å². The molecule has 2 rings (SSSR count). The molecule has 21 heavy (non-hydrogen) atoms. The summed E-state index contributed by atoms with van der Waals surface area (Å²) in [6.07, 6.45) is 0. The number of hydrogen-bond acceptors (Lipinski definition) is 2. The van der Waals surface area contributed by atoms with E-state index in [4.69, 9.17) is 0 Å². The van der Waals surface area contributed by atoms with Gasteiger partial charge < -0.3 is 10.6 Å². The Balaban J connectivity index is 2.06. The summed E-state index contributed by atoms with van der Waals surface area (Å²) in [5.41, 5.74) is 4.02. The fraction of sp³-hybridized carbons (Fsp3) is 0.235. The highest BCUT2D eigenvalue weighted by atomic mass is 79.9. The molecule has 4 heteroatoms. The monoisotopic (exact) mass is 346 g/mol. The third-order valence-corrected chi connectivity index (χ3v) is 3.89. The van der Waals surface area contributed by atoms with Gasteiger partial charge in [0, 0.05) is 28.8 Å². The normalized spacial score (nSPS) is 10.2. The molecule has 3 nitrogen and oxygen atoms in total. The molecule has 0 heterocycles. The topological polar surface area (TPSA) is 41.1 Å². The SMILES string of the molecule is CCNC(=O)c1cccc(NCc2ccc(C)cc2Br)c1. The Bertz CT molecular complexity index is 640. The molecule has 0 aliphatic heterocycles. The minimum Gasteiger partial charge on any atom is -0.381 e. The van der Waals surface area contributed by atoms with E-state index >= 15 is 0 Å². The van der Waals surface area contributed by atoms with E-state index < -0.39 is 0 Å². The second-order valence-corrected chi connectivity index (χ2v) is 5.74. The van der Waals surface area contributed by atoms with Gasteiger partial charge in [-0.1, -0.05) is 34.1 Å². The van der Waals surface area contributed by atoms with Gasteiger partial charge in [-0.2, -0.15) is 0 Å². The van der Waals surface area contributed by atoms with Gasteiger partial charge >= 0.3 is 0 Å². The Hall–Kier alpha value is -1.81. The number of anilines is 1. The van der Waals surface area contributed by atoms with Crippen LogP contribution in [0.1, 0.15) is 28.4 Å². The summed E-state index contributed by atoms with van der Waals surface area (Å²) >= 11 is 3.57. The van der Waals surface area contributed by atoms with Gasteiger partial charge in [-0.3, -0.25) is 4.79 Å². The van der Waals surface area contributed by atoms with Crippen molar-refractivity contribution in [1.82, 2.24) is 5.32 Å². The van der Waals surface area contributed by atoms with E-state index in [9.17, 15) is 4.79 Å². The number of halogens is 1. The Morgan fingerprint density at radius 1 is 1.19 bits per heavy atom. The van der Waals surface area contributed by atoms with Crippen LogP contribution >= 0.6 is 15.9 Å². The van der Waals surface area contributed by atoms with Gasteiger partial charge in [0.1, 0.15) is 0 Å². The summed E-state index contributed by atoms with van der Waals surface area (Å²) in [5, 5.41) is 6.15. The molecule has 0 aliphatic carbocycles. The van der Waals surface area contributed by atoms with Crippen LogP contribution in [0.3, 0.4) is 0 Å². The molecular formula is C17H19BrN2O. The van der Waals surface area contributed by atoms with Crippen molar-refractivity contribution in [2.24, 2.45) is 0 Å². The van der Waals surface area contributed by atoms with Crippen LogP contribution in [0.2, 0.25) is 0 Å². The highest BCUT2D eigenvalue weighted by Crippen LogP contribution is 2.20. The van der Waals surface area contributed by atoms with E-state index in [1.165, 1.54) is 11.1 Å². The molecule has 1 amide bonds. The van der Waals surface area contributed by atoms with E-state index in [-0.39, 0.29) is 5.91 Å². The predicted molar refractivity (Wildman–Crippen MR) is 90.7 cm³/mol. The maximum absolute atomic E-state index is 11.8. The molecule has 0 aromatic heterocycles. The lowest BCUT2D eigenvalue weighted by Crippen LogP contribution is -2.22. The van der Waals surface area contributed by atoms with Crippen molar-refractivity contribution in [2.45, 2.75) is 20.4 Å². The molecule has 2 N–H and O–H groups in total. The summed E-state index contributed by atoms with van der Waals surface area (Å²) in [6, 6.07) is 13.8. The van der Waals surface area contributed by atoms with E-state index in [0.29, 0.717) is 18.7 Å². The maximum Gasteiger partial charge on any atom is 0.251 e. The van der Waals surface area contributed by atoms with Crippen LogP contribution in [-0.2, 0) is 6.54 Å².